The summed E-state index contributed by atoms with van der Waals surface area (Å²) in [6.07, 6.45) is 2.11. The number of aryl methyl sites for hydroxylation is 1. The van der Waals surface area contributed by atoms with Crippen LogP contribution >= 0.6 is 0 Å². The molecule has 0 saturated carbocycles. The van der Waals surface area contributed by atoms with E-state index in [0.717, 1.165) is 41.0 Å². The second-order valence-corrected chi connectivity index (χ2v) is 7.73. The maximum Gasteiger partial charge on any atom is 0.351 e. The van der Waals surface area contributed by atoms with E-state index in [1.54, 1.807) is 4.57 Å². The van der Waals surface area contributed by atoms with E-state index in [-0.39, 0.29) is 11.8 Å². The Balaban J connectivity index is 1.57. The van der Waals surface area contributed by atoms with Gasteiger partial charge in [0.2, 0.25) is 5.88 Å². The van der Waals surface area contributed by atoms with E-state index in [1.807, 2.05) is 37.1 Å². The predicted octanol–water partition coefficient (Wildman–Crippen LogP) is 1.36. The Labute approximate surface area is 187 Å². The first kappa shape index (κ1) is 21.9. The van der Waals surface area contributed by atoms with Gasteiger partial charge in [0.05, 0.1) is 25.5 Å². The molecular weight excluding hydrogens is 408 g/mol. The first-order valence-electron chi connectivity index (χ1n) is 10.8. The number of aromatic nitrogens is 2. The maximum atomic E-state index is 12.6. The summed E-state index contributed by atoms with van der Waals surface area (Å²) >= 11 is 0. The van der Waals surface area contributed by atoms with Gasteiger partial charge in [0.1, 0.15) is 18.4 Å². The van der Waals surface area contributed by atoms with Crippen molar-refractivity contribution < 1.29 is 14.2 Å². The third-order valence-electron chi connectivity index (χ3n) is 5.65. The highest BCUT2D eigenvalue weighted by atomic mass is 16.6. The molecule has 8 heteroatoms. The van der Waals surface area contributed by atoms with E-state index in [2.05, 4.69) is 22.9 Å². The molecule has 1 atom stereocenters. The predicted molar refractivity (Wildman–Crippen MR) is 121 cm³/mol. The van der Waals surface area contributed by atoms with Crippen molar-refractivity contribution in [3.63, 3.8) is 0 Å². The second-order valence-electron chi connectivity index (χ2n) is 7.73. The third kappa shape index (κ3) is 4.79. The van der Waals surface area contributed by atoms with Gasteiger partial charge in [0, 0.05) is 43.5 Å². The normalized spacial score (nSPS) is 17.6. The molecule has 2 aromatic rings. The molecule has 2 aliphatic rings. The zero-order valence-corrected chi connectivity index (χ0v) is 18.5. The highest BCUT2D eigenvalue weighted by molar-refractivity contribution is 5.68. The van der Waals surface area contributed by atoms with Gasteiger partial charge >= 0.3 is 5.69 Å². The number of hydrogen-bond donors (Lipinski definition) is 1. The van der Waals surface area contributed by atoms with Crippen LogP contribution in [0.5, 0.6) is 5.88 Å². The van der Waals surface area contributed by atoms with Gasteiger partial charge in [-0.15, -0.1) is 0 Å². The smallest absolute Gasteiger partial charge is 0.351 e. The molecule has 3 heterocycles. The van der Waals surface area contributed by atoms with E-state index in [9.17, 15) is 4.79 Å². The Bertz CT molecular complexity index is 1120. The molecule has 2 aliphatic heterocycles. The fourth-order valence-electron chi connectivity index (χ4n) is 3.74. The topological polar surface area (TPSA) is 91.8 Å². The van der Waals surface area contributed by atoms with Crippen molar-refractivity contribution in [2.75, 3.05) is 40.0 Å². The minimum atomic E-state index is -0.312. The molecule has 32 heavy (non-hydrogen) atoms. The molecule has 1 unspecified atom stereocenters. The molecule has 0 spiro atoms. The van der Waals surface area contributed by atoms with Gasteiger partial charge in [0.25, 0.3) is 0 Å². The van der Waals surface area contributed by atoms with E-state index in [4.69, 9.17) is 19.9 Å². The van der Waals surface area contributed by atoms with E-state index >= 15 is 0 Å². The summed E-state index contributed by atoms with van der Waals surface area (Å²) in [6.45, 7) is 5.35. The number of ether oxygens (including phenoxy) is 3. The minimum Gasteiger partial charge on any atom is -0.475 e. The molecule has 0 bridgehead atoms. The molecule has 4 rings (SSSR count). The summed E-state index contributed by atoms with van der Waals surface area (Å²) in [5.74, 6) is 6.62. The highest BCUT2D eigenvalue weighted by Crippen LogP contribution is 2.30. The van der Waals surface area contributed by atoms with Crippen molar-refractivity contribution in [1.82, 2.24) is 14.5 Å². The van der Waals surface area contributed by atoms with Gasteiger partial charge in [-0.05, 0) is 37.0 Å². The molecule has 1 aromatic carbocycles. The minimum absolute atomic E-state index is 0.156. The first-order valence-corrected chi connectivity index (χ1v) is 10.8. The average Bonchev–Trinajstić information content (AvgIpc) is 2.83. The van der Waals surface area contributed by atoms with Crippen LogP contribution in [-0.2, 0) is 22.4 Å². The fourth-order valence-corrected chi connectivity index (χ4v) is 3.74. The molecule has 0 amide bonds. The van der Waals surface area contributed by atoms with Gasteiger partial charge in [0.15, 0.2) is 0 Å². The van der Waals surface area contributed by atoms with Crippen molar-refractivity contribution in [1.29, 1.82) is 0 Å². The molecule has 1 fully saturated rings. The number of rotatable bonds is 5. The highest BCUT2D eigenvalue weighted by Gasteiger charge is 2.20. The van der Waals surface area contributed by atoms with Crippen LogP contribution in [0.4, 0.5) is 0 Å². The Morgan fingerprint density at radius 1 is 1.41 bits per heavy atom. The summed E-state index contributed by atoms with van der Waals surface area (Å²) in [6, 6.07) is 7.85. The number of allylic oxidation sites excluding steroid dienone is 1. The lowest BCUT2D eigenvalue weighted by Gasteiger charge is -2.24. The first-order chi connectivity index (χ1) is 15.6. The summed E-state index contributed by atoms with van der Waals surface area (Å²) in [4.78, 5) is 18.7. The van der Waals surface area contributed by atoms with E-state index in [0.29, 0.717) is 38.9 Å². The summed E-state index contributed by atoms with van der Waals surface area (Å²) in [5, 5.41) is 0. The molecular formula is C24H28N4O4. The van der Waals surface area contributed by atoms with Crippen LogP contribution in [-0.4, -0.2) is 60.6 Å². The summed E-state index contributed by atoms with van der Waals surface area (Å²) < 4.78 is 18.4. The van der Waals surface area contributed by atoms with Crippen LogP contribution in [0.25, 0.3) is 11.3 Å². The number of nitrogens with zero attached hydrogens (tertiary/aromatic N) is 3. The lowest BCUT2D eigenvalue weighted by atomic mass is 9.95. The number of fused-ring (bicyclic) bond motifs is 3. The zero-order valence-electron chi connectivity index (χ0n) is 18.5. The average molecular weight is 437 g/mol. The molecule has 168 valence electrons. The van der Waals surface area contributed by atoms with Crippen LogP contribution < -0.4 is 16.2 Å². The molecule has 1 aromatic heterocycles. The molecule has 8 nitrogen and oxygen atoms in total. The third-order valence-corrected chi connectivity index (χ3v) is 5.65. The Hall–Kier alpha value is -3.28. The van der Waals surface area contributed by atoms with Crippen LogP contribution in [0.1, 0.15) is 18.1 Å². The van der Waals surface area contributed by atoms with Crippen molar-refractivity contribution in [3.8, 4) is 29.0 Å². The van der Waals surface area contributed by atoms with Crippen LogP contribution in [0, 0.1) is 11.8 Å². The lowest BCUT2D eigenvalue weighted by molar-refractivity contribution is -0.102. The monoisotopic (exact) mass is 436 g/mol. The lowest BCUT2D eigenvalue weighted by Crippen LogP contribution is -2.34. The Kier molecular flexibility index (Phi) is 6.78. The fraction of sp³-hybridized carbons (Fsp3) is 0.417. The number of hydrogen-bond acceptors (Lipinski definition) is 7. The van der Waals surface area contributed by atoms with Crippen molar-refractivity contribution in [3.05, 3.63) is 57.8 Å². The van der Waals surface area contributed by atoms with Gasteiger partial charge in [-0.1, -0.05) is 12.0 Å². The van der Waals surface area contributed by atoms with Crippen molar-refractivity contribution >= 4 is 0 Å². The number of benzene rings is 1. The molecule has 0 radical (unpaired) electrons. The zero-order chi connectivity index (χ0) is 22.5. The largest absolute Gasteiger partial charge is 0.475 e. The standard InChI is InChI=1S/C24H28N4O4/c1-3-27(2)19(14-25)6-4-17-5-7-21-18(12-17)8-9-28-22(21)13-23(26-24(28)29)32-16-20-15-30-10-11-31-20/h5,7,12-14,20H,3,8-11,15-16,25H2,1-2H3/b19-14-. The van der Waals surface area contributed by atoms with Crippen molar-refractivity contribution in [2.24, 2.45) is 5.73 Å². The summed E-state index contributed by atoms with van der Waals surface area (Å²) in [7, 11) is 1.95. The van der Waals surface area contributed by atoms with Gasteiger partial charge in [-0.2, -0.15) is 4.98 Å². The quantitative estimate of drug-likeness (QED) is 0.708. The van der Waals surface area contributed by atoms with E-state index < -0.39 is 0 Å². The second kappa shape index (κ2) is 9.90. The van der Waals surface area contributed by atoms with Gasteiger partial charge in [-0.25, -0.2) is 4.79 Å². The van der Waals surface area contributed by atoms with Crippen LogP contribution in [0.15, 0.2) is 41.0 Å². The van der Waals surface area contributed by atoms with Gasteiger partial charge in [-0.3, -0.25) is 4.57 Å². The molecule has 0 aliphatic carbocycles. The maximum absolute atomic E-state index is 12.6. The van der Waals surface area contributed by atoms with Crippen LogP contribution in [0.3, 0.4) is 0 Å². The van der Waals surface area contributed by atoms with Crippen molar-refractivity contribution in [2.45, 2.75) is 26.0 Å². The number of nitrogens with two attached hydrogens (primary N) is 1. The SMILES string of the molecule is CCN(C)/C(C#Cc1ccc2c(c1)CCn1c-2cc(OCC2COCCO2)nc1=O)=C\N. The van der Waals surface area contributed by atoms with Crippen LogP contribution in [0.2, 0.25) is 0 Å². The van der Waals surface area contributed by atoms with E-state index in [1.165, 1.54) is 6.20 Å². The molecule has 2 N–H and O–H groups in total. The summed E-state index contributed by atoms with van der Waals surface area (Å²) in [5.41, 5.74) is 10.0. The Morgan fingerprint density at radius 3 is 3.03 bits per heavy atom. The Morgan fingerprint density at radius 2 is 2.28 bits per heavy atom. The molecule has 1 saturated heterocycles. The van der Waals surface area contributed by atoms with Gasteiger partial charge < -0.3 is 24.8 Å².